The fourth-order valence-corrected chi connectivity index (χ4v) is 2.45. The zero-order chi connectivity index (χ0) is 18.9. The number of nitrogens with one attached hydrogen (secondary N) is 2. The summed E-state index contributed by atoms with van der Waals surface area (Å²) < 4.78 is 5.73. The maximum absolute atomic E-state index is 11.6. The number of hydrogen-bond donors (Lipinski definition) is 2. The molecule has 2 N–H and O–H groups in total. The third-order valence-electron chi connectivity index (χ3n) is 3.43. The maximum Gasteiger partial charge on any atom is 0.319 e. The van der Waals surface area contributed by atoms with Crippen LogP contribution in [0.25, 0.3) is 0 Å². The molecule has 0 aliphatic heterocycles. The van der Waals surface area contributed by atoms with Crippen LogP contribution in [0.2, 0.25) is 0 Å². The smallest absolute Gasteiger partial charge is 0.319 e. The van der Waals surface area contributed by atoms with Gasteiger partial charge in [0.15, 0.2) is 0 Å². The largest absolute Gasteiger partial charge is 0.431 e. The van der Waals surface area contributed by atoms with E-state index in [1.54, 1.807) is 29.2 Å². The van der Waals surface area contributed by atoms with Crippen molar-refractivity contribution in [2.24, 2.45) is 0 Å². The molecular formula is C19H20N4O2S. The van der Waals surface area contributed by atoms with E-state index in [4.69, 9.17) is 22.2 Å². The van der Waals surface area contributed by atoms with Crippen LogP contribution < -0.4 is 20.3 Å². The molecule has 0 fully saturated rings. The van der Waals surface area contributed by atoms with Gasteiger partial charge < -0.3 is 15.4 Å². The minimum Gasteiger partial charge on any atom is -0.431 e. The minimum absolute atomic E-state index is 0.0682. The summed E-state index contributed by atoms with van der Waals surface area (Å²) in [6.45, 7) is 4.43. The van der Waals surface area contributed by atoms with Crippen LogP contribution in [0.5, 0.6) is 5.75 Å². The molecular weight excluding hydrogens is 348 g/mol. The van der Waals surface area contributed by atoms with E-state index in [-0.39, 0.29) is 17.8 Å². The monoisotopic (exact) mass is 368 g/mol. The first-order valence-electron chi connectivity index (χ1n) is 8.11. The molecule has 0 heterocycles. The third kappa shape index (κ3) is 5.46. The number of aryl methyl sites for hydroxylation is 1. The second-order valence-electron chi connectivity index (χ2n) is 5.46. The van der Waals surface area contributed by atoms with E-state index >= 15 is 0 Å². The van der Waals surface area contributed by atoms with Gasteiger partial charge in [-0.25, -0.2) is 4.79 Å². The summed E-state index contributed by atoms with van der Waals surface area (Å²) in [6, 6.07) is 16.4. The fraction of sp³-hybridized carbons (Fsp3) is 0.211. The maximum atomic E-state index is 11.6. The molecule has 0 bridgehead atoms. The number of rotatable bonds is 5. The first kappa shape index (κ1) is 19.2. The van der Waals surface area contributed by atoms with Crippen LogP contribution in [0.3, 0.4) is 0 Å². The van der Waals surface area contributed by atoms with E-state index in [0.29, 0.717) is 18.0 Å². The molecule has 7 heteroatoms. The van der Waals surface area contributed by atoms with Crippen molar-refractivity contribution in [2.45, 2.75) is 13.8 Å². The number of nitriles is 1. The van der Waals surface area contributed by atoms with E-state index in [0.717, 1.165) is 11.3 Å². The number of hydrogen-bond acceptors (Lipinski definition) is 4. The molecule has 0 spiro atoms. The molecule has 2 amide bonds. The molecule has 2 aromatic rings. The van der Waals surface area contributed by atoms with Gasteiger partial charge in [-0.15, -0.1) is 0 Å². The highest BCUT2D eigenvalue weighted by molar-refractivity contribution is 7.80. The van der Waals surface area contributed by atoms with Crippen molar-refractivity contribution in [3.05, 3.63) is 54.1 Å². The summed E-state index contributed by atoms with van der Waals surface area (Å²) in [4.78, 5) is 13.2. The Labute approximate surface area is 158 Å². The van der Waals surface area contributed by atoms with Crippen molar-refractivity contribution in [2.75, 3.05) is 23.3 Å². The Bertz CT molecular complexity index is 815. The van der Waals surface area contributed by atoms with Gasteiger partial charge in [-0.3, -0.25) is 4.90 Å². The number of amides is 2. The zero-order valence-corrected chi connectivity index (χ0v) is 15.5. The van der Waals surface area contributed by atoms with Crippen LogP contribution >= 0.6 is 12.2 Å². The van der Waals surface area contributed by atoms with Crippen LogP contribution in [0.15, 0.2) is 48.5 Å². The third-order valence-corrected chi connectivity index (χ3v) is 3.73. The molecule has 0 atom stereocenters. The lowest BCUT2D eigenvalue weighted by Crippen LogP contribution is -2.33. The number of carbonyl (C=O) groups excluding carboxylic acids is 1. The van der Waals surface area contributed by atoms with E-state index in [2.05, 4.69) is 16.7 Å². The fourth-order valence-electron chi connectivity index (χ4n) is 2.19. The van der Waals surface area contributed by atoms with Crippen molar-refractivity contribution in [3.8, 4) is 11.8 Å². The Morgan fingerprint density at radius 1 is 1.27 bits per heavy atom. The van der Waals surface area contributed by atoms with Crippen molar-refractivity contribution in [1.82, 2.24) is 5.32 Å². The molecule has 134 valence electrons. The van der Waals surface area contributed by atoms with Crippen molar-refractivity contribution >= 4 is 34.8 Å². The number of ether oxygens (including phenoxy) is 1. The summed E-state index contributed by atoms with van der Waals surface area (Å²) in [5.74, 6) is 0.472. The highest BCUT2D eigenvalue weighted by atomic mass is 32.1. The normalized spacial score (nSPS) is 9.73. The van der Waals surface area contributed by atoms with Gasteiger partial charge in [-0.2, -0.15) is 5.26 Å². The SMILES string of the molecule is CCNC(=O)Nc1cccc(OC(=S)N(CC#N)c2ccc(C)cc2)c1. The minimum atomic E-state index is -0.294. The molecule has 2 rings (SSSR count). The molecule has 6 nitrogen and oxygen atoms in total. The van der Waals surface area contributed by atoms with Crippen molar-refractivity contribution < 1.29 is 9.53 Å². The molecule has 2 aromatic carbocycles. The van der Waals surface area contributed by atoms with Gasteiger partial charge in [0.2, 0.25) is 0 Å². The number of benzene rings is 2. The average Bonchev–Trinajstić information content (AvgIpc) is 2.61. The number of thiocarbonyl (C=S) groups is 1. The Hall–Kier alpha value is -3.11. The number of nitrogens with zero attached hydrogens (tertiary/aromatic N) is 2. The van der Waals surface area contributed by atoms with Crippen LogP contribution in [0, 0.1) is 18.3 Å². The Balaban J connectivity index is 2.12. The molecule has 0 saturated carbocycles. The summed E-state index contributed by atoms with van der Waals surface area (Å²) in [7, 11) is 0. The Morgan fingerprint density at radius 2 is 2.00 bits per heavy atom. The number of urea groups is 1. The van der Waals surface area contributed by atoms with Gasteiger partial charge in [0.05, 0.1) is 6.07 Å². The van der Waals surface area contributed by atoms with Crippen molar-refractivity contribution in [1.29, 1.82) is 5.26 Å². The molecule has 0 unspecified atom stereocenters. The van der Waals surface area contributed by atoms with E-state index in [9.17, 15) is 4.79 Å². The van der Waals surface area contributed by atoms with Gasteiger partial charge in [-0.1, -0.05) is 23.8 Å². The first-order valence-corrected chi connectivity index (χ1v) is 8.52. The van der Waals surface area contributed by atoms with E-state index in [1.807, 2.05) is 38.1 Å². The molecule has 26 heavy (non-hydrogen) atoms. The molecule has 0 aliphatic carbocycles. The summed E-state index contributed by atoms with van der Waals surface area (Å²) in [6.07, 6.45) is 0. The Morgan fingerprint density at radius 3 is 2.65 bits per heavy atom. The second kappa shape index (κ2) is 9.39. The lowest BCUT2D eigenvalue weighted by Gasteiger charge is -2.22. The van der Waals surface area contributed by atoms with Crippen LogP contribution in [-0.2, 0) is 0 Å². The standard InChI is InChI=1S/C19H20N4O2S/c1-3-21-18(24)22-15-5-4-6-17(13-15)25-19(26)23(12-11-20)16-9-7-14(2)8-10-16/h4-10,13H,3,12H2,1-2H3,(H2,21,22,24). The molecule has 0 radical (unpaired) electrons. The lowest BCUT2D eigenvalue weighted by atomic mass is 10.2. The van der Waals surface area contributed by atoms with E-state index in [1.165, 1.54) is 0 Å². The van der Waals surface area contributed by atoms with Gasteiger partial charge in [-0.05, 0) is 50.3 Å². The van der Waals surface area contributed by atoms with Gasteiger partial charge in [0.1, 0.15) is 12.3 Å². The van der Waals surface area contributed by atoms with Gasteiger partial charge in [0, 0.05) is 24.0 Å². The van der Waals surface area contributed by atoms with Gasteiger partial charge in [0.25, 0.3) is 5.17 Å². The van der Waals surface area contributed by atoms with Crippen LogP contribution in [-0.4, -0.2) is 24.3 Å². The highest BCUT2D eigenvalue weighted by Crippen LogP contribution is 2.21. The van der Waals surface area contributed by atoms with E-state index < -0.39 is 0 Å². The van der Waals surface area contributed by atoms with Gasteiger partial charge >= 0.3 is 6.03 Å². The average molecular weight is 368 g/mol. The lowest BCUT2D eigenvalue weighted by molar-refractivity contribution is 0.252. The molecule has 0 saturated heterocycles. The Kier molecular flexibility index (Phi) is 6.94. The summed E-state index contributed by atoms with van der Waals surface area (Å²) >= 11 is 5.36. The van der Waals surface area contributed by atoms with Crippen LogP contribution in [0.1, 0.15) is 12.5 Å². The second-order valence-corrected chi connectivity index (χ2v) is 5.81. The molecule has 0 aromatic heterocycles. The topological polar surface area (TPSA) is 77.4 Å². The quantitative estimate of drug-likeness (QED) is 0.619. The number of carbonyl (C=O) groups is 1. The van der Waals surface area contributed by atoms with Crippen LogP contribution in [0.4, 0.5) is 16.2 Å². The van der Waals surface area contributed by atoms with Crippen molar-refractivity contribution in [3.63, 3.8) is 0 Å². The summed E-state index contributed by atoms with van der Waals surface area (Å²) in [5, 5.41) is 14.6. The first-order chi connectivity index (χ1) is 12.5. The predicted octanol–water partition coefficient (Wildman–Crippen LogP) is 3.83. The highest BCUT2D eigenvalue weighted by Gasteiger charge is 2.14. The predicted molar refractivity (Wildman–Crippen MR) is 107 cm³/mol. The summed E-state index contributed by atoms with van der Waals surface area (Å²) in [5.41, 5.74) is 2.47. The number of anilines is 2. The zero-order valence-electron chi connectivity index (χ0n) is 14.7. The molecule has 0 aliphatic rings.